The van der Waals surface area contributed by atoms with Gasteiger partial charge in [0.1, 0.15) is 0 Å². The highest BCUT2D eigenvalue weighted by Crippen LogP contribution is 2.57. The lowest BCUT2D eigenvalue weighted by molar-refractivity contribution is -0.0887. The number of hydrogen-bond acceptors (Lipinski definition) is 1. The van der Waals surface area contributed by atoms with Crippen LogP contribution in [0.4, 0.5) is 0 Å². The Hall–Kier alpha value is -0.340. The molecule has 20 heavy (non-hydrogen) atoms. The largest absolute Gasteiger partial charge is 0.392 e. The molecule has 5 rings (SSSR count). The van der Waals surface area contributed by atoms with E-state index >= 15 is 0 Å². The van der Waals surface area contributed by atoms with E-state index in [1.807, 2.05) is 0 Å². The SMILES string of the molecule is OC(Cc1cccc(Br)c1)C1C2CC3CC(C2)CC1C3. The van der Waals surface area contributed by atoms with E-state index in [0.717, 1.165) is 34.6 Å². The Kier molecular flexibility index (Phi) is 3.42. The molecule has 0 saturated heterocycles. The Labute approximate surface area is 129 Å². The second-order valence-electron chi connectivity index (χ2n) is 7.41. The summed E-state index contributed by atoms with van der Waals surface area (Å²) in [7, 11) is 0. The van der Waals surface area contributed by atoms with Crippen molar-refractivity contribution in [2.45, 2.75) is 44.6 Å². The van der Waals surface area contributed by atoms with Crippen LogP contribution in [-0.4, -0.2) is 11.2 Å². The zero-order valence-corrected chi connectivity index (χ0v) is 13.4. The summed E-state index contributed by atoms with van der Waals surface area (Å²) >= 11 is 3.53. The third-order valence-electron chi connectivity index (χ3n) is 6.08. The van der Waals surface area contributed by atoms with E-state index in [0.29, 0.717) is 5.92 Å². The van der Waals surface area contributed by atoms with Gasteiger partial charge in [-0.15, -0.1) is 0 Å². The first kappa shape index (κ1) is 13.3. The van der Waals surface area contributed by atoms with Crippen LogP contribution in [0.25, 0.3) is 0 Å². The molecule has 0 aromatic heterocycles. The van der Waals surface area contributed by atoms with Gasteiger partial charge in [0, 0.05) is 4.47 Å². The summed E-state index contributed by atoms with van der Waals surface area (Å²) in [5.74, 6) is 4.18. The number of aliphatic hydroxyl groups excluding tert-OH is 1. The van der Waals surface area contributed by atoms with Crippen LogP contribution in [0.2, 0.25) is 0 Å². The predicted octanol–water partition coefficient (Wildman–Crippen LogP) is 4.42. The van der Waals surface area contributed by atoms with Crippen LogP contribution in [0.15, 0.2) is 28.7 Å². The number of rotatable bonds is 3. The fourth-order valence-electron chi connectivity index (χ4n) is 5.64. The summed E-state index contributed by atoms with van der Waals surface area (Å²) in [6.45, 7) is 0. The lowest BCUT2D eigenvalue weighted by Gasteiger charge is -2.55. The van der Waals surface area contributed by atoms with E-state index in [4.69, 9.17) is 0 Å². The molecule has 0 radical (unpaired) electrons. The number of halogens is 1. The molecule has 0 heterocycles. The minimum atomic E-state index is -0.140. The Morgan fingerprint density at radius 2 is 1.70 bits per heavy atom. The first-order chi connectivity index (χ1) is 9.69. The van der Waals surface area contributed by atoms with Gasteiger partial charge in [0.25, 0.3) is 0 Å². The fourth-order valence-corrected chi connectivity index (χ4v) is 6.08. The van der Waals surface area contributed by atoms with Crippen molar-refractivity contribution in [2.24, 2.45) is 29.6 Å². The number of benzene rings is 1. The lowest BCUT2D eigenvalue weighted by atomic mass is 9.50. The average molecular weight is 335 g/mol. The molecule has 108 valence electrons. The quantitative estimate of drug-likeness (QED) is 0.867. The lowest BCUT2D eigenvalue weighted by Crippen LogP contribution is -2.49. The van der Waals surface area contributed by atoms with Crippen LogP contribution in [-0.2, 0) is 6.42 Å². The van der Waals surface area contributed by atoms with Gasteiger partial charge in [-0.2, -0.15) is 0 Å². The topological polar surface area (TPSA) is 20.2 Å². The molecule has 4 bridgehead atoms. The monoisotopic (exact) mass is 334 g/mol. The highest BCUT2D eigenvalue weighted by atomic mass is 79.9. The summed E-state index contributed by atoms with van der Waals surface area (Å²) in [6, 6.07) is 8.42. The number of aliphatic hydroxyl groups is 1. The minimum absolute atomic E-state index is 0.140. The van der Waals surface area contributed by atoms with Crippen molar-refractivity contribution >= 4 is 15.9 Å². The van der Waals surface area contributed by atoms with Crippen molar-refractivity contribution in [2.75, 3.05) is 0 Å². The van der Waals surface area contributed by atoms with Crippen LogP contribution in [0.3, 0.4) is 0 Å². The van der Waals surface area contributed by atoms with Gasteiger partial charge in [-0.1, -0.05) is 28.1 Å². The van der Waals surface area contributed by atoms with E-state index < -0.39 is 0 Å². The van der Waals surface area contributed by atoms with Crippen LogP contribution in [0, 0.1) is 29.6 Å². The maximum Gasteiger partial charge on any atom is 0.0614 e. The zero-order chi connectivity index (χ0) is 13.7. The molecule has 1 atom stereocenters. The van der Waals surface area contributed by atoms with Gasteiger partial charge in [0.05, 0.1) is 6.10 Å². The molecular weight excluding hydrogens is 312 g/mol. The van der Waals surface area contributed by atoms with Crippen LogP contribution < -0.4 is 0 Å². The van der Waals surface area contributed by atoms with Gasteiger partial charge in [-0.05, 0) is 85.8 Å². The first-order valence-corrected chi connectivity index (χ1v) is 8.91. The molecule has 4 aliphatic rings. The van der Waals surface area contributed by atoms with Crippen molar-refractivity contribution in [3.63, 3.8) is 0 Å². The van der Waals surface area contributed by atoms with Gasteiger partial charge in [-0.25, -0.2) is 0 Å². The fraction of sp³-hybridized carbons (Fsp3) is 0.667. The van der Waals surface area contributed by atoms with Crippen LogP contribution in [0.5, 0.6) is 0 Å². The molecule has 2 heteroatoms. The average Bonchev–Trinajstić information content (AvgIpc) is 2.37. The van der Waals surface area contributed by atoms with Crippen molar-refractivity contribution in [3.8, 4) is 0 Å². The van der Waals surface area contributed by atoms with Crippen LogP contribution >= 0.6 is 15.9 Å². The highest BCUT2D eigenvalue weighted by Gasteiger charge is 2.50. The molecule has 0 aliphatic heterocycles. The molecule has 1 nitrogen and oxygen atoms in total. The molecule has 0 amide bonds. The highest BCUT2D eigenvalue weighted by molar-refractivity contribution is 9.10. The first-order valence-electron chi connectivity index (χ1n) is 8.11. The van der Waals surface area contributed by atoms with Gasteiger partial charge in [-0.3, -0.25) is 0 Å². The Morgan fingerprint density at radius 1 is 1.05 bits per heavy atom. The maximum atomic E-state index is 10.8. The van der Waals surface area contributed by atoms with E-state index in [-0.39, 0.29) is 6.10 Å². The molecule has 1 N–H and O–H groups in total. The molecule has 1 aromatic rings. The molecular formula is C18H23BrO. The van der Waals surface area contributed by atoms with E-state index in [9.17, 15) is 5.11 Å². The van der Waals surface area contributed by atoms with Gasteiger partial charge in [0.15, 0.2) is 0 Å². The van der Waals surface area contributed by atoms with Crippen molar-refractivity contribution < 1.29 is 5.11 Å². The molecule has 4 saturated carbocycles. The predicted molar refractivity (Wildman–Crippen MR) is 84.4 cm³/mol. The van der Waals surface area contributed by atoms with E-state index in [1.165, 1.54) is 37.7 Å². The Morgan fingerprint density at radius 3 is 2.30 bits per heavy atom. The normalized spacial score (nSPS) is 40.0. The van der Waals surface area contributed by atoms with Crippen LogP contribution in [0.1, 0.15) is 37.7 Å². The summed E-state index contributed by atoms with van der Waals surface area (Å²) in [6.07, 6.45) is 7.76. The molecule has 4 aliphatic carbocycles. The second-order valence-corrected chi connectivity index (χ2v) is 8.33. The second kappa shape index (κ2) is 5.14. The Bertz CT molecular complexity index is 470. The van der Waals surface area contributed by atoms with Crippen molar-refractivity contribution in [3.05, 3.63) is 34.3 Å². The minimum Gasteiger partial charge on any atom is -0.392 e. The zero-order valence-electron chi connectivity index (χ0n) is 11.8. The summed E-state index contributed by atoms with van der Waals surface area (Å²) in [5, 5.41) is 10.8. The third kappa shape index (κ3) is 2.35. The summed E-state index contributed by atoms with van der Waals surface area (Å²) in [5.41, 5.74) is 1.26. The molecule has 1 unspecified atom stereocenters. The van der Waals surface area contributed by atoms with Crippen molar-refractivity contribution in [1.29, 1.82) is 0 Å². The molecule has 1 aromatic carbocycles. The van der Waals surface area contributed by atoms with Gasteiger partial charge >= 0.3 is 0 Å². The molecule has 0 spiro atoms. The standard InChI is InChI=1S/C18H23BrO/c19-16-3-1-2-11(9-16)10-17(20)18-14-5-12-4-13(7-14)8-15(18)6-12/h1-3,9,12-15,17-18,20H,4-8,10H2. The van der Waals surface area contributed by atoms with E-state index in [1.54, 1.807) is 0 Å². The third-order valence-corrected chi connectivity index (χ3v) is 6.57. The van der Waals surface area contributed by atoms with E-state index in [2.05, 4.69) is 40.2 Å². The Balaban J connectivity index is 1.50. The number of hydrogen-bond donors (Lipinski definition) is 1. The summed E-state index contributed by atoms with van der Waals surface area (Å²) < 4.78 is 1.12. The maximum absolute atomic E-state index is 10.8. The summed E-state index contributed by atoms with van der Waals surface area (Å²) in [4.78, 5) is 0. The van der Waals surface area contributed by atoms with Crippen molar-refractivity contribution in [1.82, 2.24) is 0 Å². The smallest absolute Gasteiger partial charge is 0.0614 e. The van der Waals surface area contributed by atoms with Gasteiger partial charge < -0.3 is 5.11 Å². The van der Waals surface area contributed by atoms with Gasteiger partial charge in [0.2, 0.25) is 0 Å². The molecule has 4 fully saturated rings.